The molecule has 23 heavy (non-hydrogen) atoms. The number of aryl methyl sites for hydroxylation is 1. The average Bonchev–Trinajstić information content (AvgIpc) is 3.05. The van der Waals surface area contributed by atoms with Gasteiger partial charge in [0.2, 0.25) is 0 Å². The molecule has 0 aliphatic rings. The van der Waals surface area contributed by atoms with Crippen molar-refractivity contribution < 1.29 is 12.9 Å². The summed E-state index contributed by atoms with van der Waals surface area (Å²) in [5, 5.41) is 4.46. The number of rotatable bonds is 5. The second-order valence-electron chi connectivity index (χ2n) is 5.28. The van der Waals surface area contributed by atoms with Gasteiger partial charge < -0.3 is 9.51 Å². The fourth-order valence-electron chi connectivity index (χ4n) is 2.40. The molecule has 122 valence electrons. The van der Waals surface area contributed by atoms with Crippen molar-refractivity contribution in [2.75, 3.05) is 4.72 Å². The molecule has 3 aromatic rings. The lowest BCUT2D eigenvalue weighted by molar-refractivity contribution is 0.383. The van der Waals surface area contributed by atoms with E-state index in [1.165, 1.54) is 6.20 Å². The minimum Gasteiger partial charge on any atom is -0.360 e. The van der Waals surface area contributed by atoms with E-state index in [0.29, 0.717) is 11.1 Å². The standard InChI is InChI=1S/C15H16BrN3O3S/c1-3-4-13-9(2)15(18-22-13)19-23(20,21)14-8-17-12-7-10(16)5-6-11(12)14/h5-8,17H,3-4H2,1-2H3,(H,18,19). The lowest BCUT2D eigenvalue weighted by atomic mass is 10.2. The molecule has 0 saturated heterocycles. The summed E-state index contributed by atoms with van der Waals surface area (Å²) in [7, 11) is -3.75. The first-order chi connectivity index (χ1) is 10.9. The van der Waals surface area contributed by atoms with Crippen LogP contribution in [0.15, 0.2) is 38.3 Å². The third-order valence-corrected chi connectivity index (χ3v) is 5.50. The summed E-state index contributed by atoms with van der Waals surface area (Å²) in [6.45, 7) is 3.82. The fraction of sp³-hybridized carbons (Fsp3) is 0.267. The van der Waals surface area contributed by atoms with Crippen LogP contribution in [-0.4, -0.2) is 18.6 Å². The highest BCUT2D eigenvalue weighted by Crippen LogP contribution is 2.28. The van der Waals surface area contributed by atoms with Gasteiger partial charge in [-0.2, -0.15) is 0 Å². The first-order valence-electron chi connectivity index (χ1n) is 7.17. The Morgan fingerprint density at radius 1 is 1.39 bits per heavy atom. The van der Waals surface area contributed by atoms with Crippen molar-refractivity contribution in [3.63, 3.8) is 0 Å². The molecule has 0 unspecified atom stereocenters. The van der Waals surface area contributed by atoms with Crippen molar-refractivity contribution in [2.24, 2.45) is 0 Å². The van der Waals surface area contributed by atoms with Crippen LogP contribution in [0.2, 0.25) is 0 Å². The largest absolute Gasteiger partial charge is 0.360 e. The van der Waals surface area contributed by atoms with E-state index in [1.54, 1.807) is 19.1 Å². The number of aromatic nitrogens is 2. The Kier molecular flexibility index (Phi) is 4.20. The number of halogens is 1. The molecule has 0 radical (unpaired) electrons. The molecular weight excluding hydrogens is 382 g/mol. The van der Waals surface area contributed by atoms with Gasteiger partial charge in [-0.25, -0.2) is 8.42 Å². The van der Waals surface area contributed by atoms with E-state index in [-0.39, 0.29) is 10.7 Å². The molecule has 8 heteroatoms. The monoisotopic (exact) mass is 397 g/mol. The number of anilines is 1. The number of aromatic amines is 1. The summed E-state index contributed by atoms with van der Waals surface area (Å²) in [5.74, 6) is 0.938. The Morgan fingerprint density at radius 3 is 2.91 bits per heavy atom. The van der Waals surface area contributed by atoms with Crippen LogP contribution in [0.25, 0.3) is 10.9 Å². The van der Waals surface area contributed by atoms with Crippen LogP contribution in [0.5, 0.6) is 0 Å². The highest BCUT2D eigenvalue weighted by Gasteiger charge is 2.22. The molecule has 3 rings (SSSR count). The Morgan fingerprint density at radius 2 is 2.17 bits per heavy atom. The second kappa shape index (κ2) is 6.01. The Balaban J connectivity index is 1.98. The van der Waals surface area contributed by atoms with Crippen molar-refractivity contribution in [1.82, 2.24) is 10.1 Å². The van der Waals surface area contributed by atoms with Crippen LogP contribution in [0.4, 0.5) is 5.82 Å². The van der Waals surface area contributed by atoms with Gasteiger partial charge in [0, 0.05) is 33.6 Å². The molecule has 0 saturated carbocycles. The summed E-state index contributed by atoms with van der Waals surface area (Å²) >= 11 is 3.37. The van der Waals surface area contributed by atoms with Gasteiger partial charge in [0.1, 0.15) is 10.7 Å². The van der Waals surface area contributed by atoms with Gasteiger partial charge >= 0.3 is 0 Å². The van der Waals surface area contributed by atoms with E-state index in [2.05, 4.69) is 30.8 Å². The van der Waals surface area contributed by atoms with Gasteiger partial charge in [-0.05, 0) is 25.5 Å². The Bertz CT molecular complexity index is 960. The maximum Gasteiger partial charge on any atom is 0.265 e. The second-order valence-corrected chi connectivity index (χ2v) is 7.84. The zero-order chi connectivity index (χ0) is 16.6. The third kappa shape index (κ3) is 3.00. The topological polar surface area (TPSA) is 88.0 Å². The summed E-state index contributed by atoms with van der Waals surface area (Å²) in [6, 6.07) is 5.38. The van der Waals surface area contributed by atoms with Gasteiger partial charge in [-0.3, -0.25) is 4.72 Å². The van der Waals surface area contributed by atoms with E-state index >= 15 is 0 Å². The van der Waals surface area contributed by atoms with Crippen molar-refractivity contribution in [3.05, 3.63) is 40.2 Å². The molecule has 1 aromatic carbocycles. The van der Waals surface area contributed by atoms with Gasteiger partial charge in [-0.1, -0.05) is 34.1 Å². The SMILES string of the molecule is CCCc1onc(NS(=O)(=O)c2c[nH]c3cc(Br)ccc23)c1C. The molecule has 0 bridgehead atoms. The number of sulfonamides is 1. The smallest absolute Gasteiger partial charge is 0.265 e. The number of nitrogens with zero attached hydrogens (tertiary/aromatic N) is 1. The molecule has 0 aliphatic carbocycles. The van der Waals surface area contributed by atoms with E-state index in [1.807, 2.05) is 13.0 Å². The third-order valence-electron chi connectivity index (χ3n) is 3.62. The maximum absolute atomic E-state index is 12.7. The van der Waals surface area contributed by atoms with Crippen LogP contribution in [-0.2, 0) is 16.4 Å². The van der Waals surface area contributed by atoms with Gasteiger partial charge in [-0.15, -0.1) is 0 Å². The van der Waals surface area contributed by atoms with Crippen LogP contribution >= 0.6 is 15.9 Å². The molecule has 2 aromatic heterocycles. The first kappa shape index (κ1) is 16.1. The minimum absolute atomic E-state index is 0.180. The quantitative estimate of drug-likeness (QED) is 0.681. The lowest BCUT2D eigenvalue weighted by Gasteiger charge is -2.05. The maximum atomic E-state index is 12.7. The molecular formula is C15H16BrN3O3S. The molecule has 0 amide bonds. The zero-order valence-corrected chi connectivity index (χ0v) is 15.1. The van der Waals surface area contributed by atoms with Crippen LogP contribution in [0.3, 0.4) is 0 Å². The summed E-state index contributed by atoms with van der Waals surface area (Å²) in [4.78, 5) is 3.15. The van der Waals surface area contributed by atoms with Crippen LogP contribution < -0.4 is 4.72 Å². The number of hydrogen-bond donors (Lipinski definition) is 2. The number of H-pyrrole nitrogens is 1. The molecule has 0 spiro atoms. The molecule has 0 fully saturated rings. The highest BCUT2D eigenvalue weighted by atomic mass is 79.9. The van der Waals surface area contributed by atoms with Crippen molar-refractivity contribution in [1.29, 1.82) is 0 Å². The molecule has 2 N–H and O–H groups in total. The Hall–Kier alpha value is -1.80. The summed E-state index contributed by atoms with van der Waals surface area (Å²) in [6.07, 6.45) is 3.10. The van der Waals surface area contributed by atoms with Crippen molar-refractivity contribution in [2.45, 2.75) is 31.6 Å². The van der Waals surface area contributed by atoms with Crippen molar-refractivity contribution in [3.8, 4) is 0 Å². The van der Waals surface area contributed by atoms with E-state index < -0.39 is 10.0 Å². The van der Waals surface area contributed by atoms with Gasteiger partial charge in [0.15, 0.2) is 5.82 Å². The minimum atomic E-state index is -3.75. The summed E-state index contributed by atoms with van der Waals surface area (Å²) < 4.78 is 33.9. The number of hydrogen-bond acceptors (Lipinski definition) is 4. The van der Waals surface area contributed by atoms with Crippen LogP contribution in [0.1, 0.15) is 24.7 Å². The summed E-state index contributed by atoms with van der Waals surface area (Å²) in [5.41, 5.74) is 1.46. The van der Waals surface area contributed by atoms with E-state index in [9.17, 15) is 8.42 Å². The molecule has 6 nitrogen and oxygen atoms in total. The predicted octanol–water partition coefficient (Wildman–Crippen LogP) is 3.98. The number of fused-ring (bicyclic) bond motifs is 1. The number of nitrogens with one attached hydrogen (secondary N) is 2. The van der Waals surface area contributed by atoms with E-state index in [0.717, 1.165) is 28.4 Å². The predicted molar refractivity (Wildman–Crippen MR) is 92.0 cm³/mol. The van der Waals surface area contributed by atoms with E-state index in [4.69, 9.17) is 4.52 Å². The highest BCUT2D eigenvalue weighted by molar-refractivity contribution is 9.10. The van der Waals surface area contributed by atoms with Crippen LogP contribution in [0, 0.1) is 6.92 Å². The fourth-order valence-corrected chi connectivity index (χ4v) is 4.00. The lowest BCUT2D eigenvalue weighted by Crippen LogP contribution is -2.13. The molecule has 0 aliphatic heterocycles. The molecule has 2 heterocycles. The normalized spacial score (nSPS) is 12.0. The Labute approximate surface area is 142 Å². The average molecular weight is 398 g/mol. The van der Waals surface area contributed by atoms with Gasteiger partial charge in [0.05, 0.1) is 0 Å². The van der Waals surface area contributed by atoms with Gasteiger partial charge in [0.25, 0.3) is 10.0 Å². The number of benzene rings is 1. The van der Waals surface area contributed by atoms with Crippen molar-refractivity contribution >= 4 is 42.7 Å². The first-order valence-corrected chi connectivity index (χ1v) is 9.44. The zero-order valence-electron chi connectivity index (χ0n) is 12.7. The molecule has 0 atom stereocenters.